The smallest absolute Gasteiger partial charge is 0.317 e. The number of nitrogens with one attached hydrogen (secondary N) is 1. The third-order valence-electron chi connectivity index (χ3n) is 4.30. The molecule has 122 valence electrons. The van der Waals surface area contributed by atoms with Gasteiger partial charge >= 0.3 is 6.03 Å². The number of carbonyl (C=O) groups is 1. The van der Waals surface area contributed by atoms with Crippen LogP contribution in [0.4, 0.5) is 4.79 Å². The van der Waals surface area contributed by atoms with E-state index >= 15 is 0 Å². The van der Waals surface area contributed by atoms with Crippen molar-refractivity contribution in [3.8, 4) is 0 Å². The van der Waals surface area contributed by atoms with Crippen LogP contribution in [0.2, 0.25) is 0 Å². The Morgan fingerprint density at radius 3 is 2.77 bits per heavy atom. The van der Waals surface area contributed by atoms with E-state index in [1.54, 1.807) is 11.1 Å². The van der Waals surface area contributed by atoms with Crippen LogP contribution >= 0.6 is 0 Å². The first-order valence-corrected chi connectivity index (χ1v) is 7.63. The number of amides is 2. The molecule has 2 fully saturated rings. The SMILES string of the molecule is Cn1ccnc1CN1CCN(C(=O)N[C@H]2COC[C@@H]2O)CC1. The van der Waals surface area contributed by atoms with Gasteiger partial charge in [0.25, 0.3) is 0 Å². The van der Waals surface area contributed by atoms with Gasteiger partial charge in [-0.1, -0.05) is 0 Å². The van der Waals surface area contributed by atoms with Crippen LogP contribution in [-0.4, -0.2) is 82.0 Å². The molecule has 0 radical (unpaired) electrons. The standard InChI is InChI=1S/C14H23N5O3/c1-17-3-2-15-13(17)8-18-4-6-19(7-5-18)14(21)16-11-9-22-10-12(11)20/h2-3,11-12,20H,4-10H2,1H3,(H,16,21)/t11-,12-/m0/s1. The van der Waals surface area contributed by atoms with Gasteiger partial charge in [-0.15, -0.1) is 0 Å². The molecule has 0 aromatic carbocycles. The Bertz CT molecular complexity index is 512. The quantitative estimate of drug-likeness (QED) is 0.749. The Hall–Kier alpha value is -1.64. The summed E-state index contributed by atoms with van der Waals surface area (Å²) < 4.78 is 7.16. The topological polar surface area (TPSA) is 82.9 Å². The summed E-state index contributed by atoms with van der Waals surface area (Å²) in [4.78, 5) is 20.6. The Kier molecular flexibility index (Phi) is 4.60. The van der Waals surface area contributed by atoms with Crippen molar-refractivity contribution in [3.63, 3.8) is 0 Å². The highest BCUT2D eigenvalue weighted by molar-refractivity contribution is 5.74. The zero-order valence-corrected chi connectivity index (χ0v) is 12.8. The van der Waals surface area contributed by atoms with E-state index in [4.69, 9.17) is 4.74 Å². The average Bonchev–Trinajstić information content (AvgIpc) is 3.09. The van der Waals surface area contributed by atoms with Crippen molar-refractivity contribution in [3.05, 3.63) is 18.2 Å². The van der Waals surface area contributed by atoms with E-state index < -0.39 is 6.10 Å². The molecule has 0 saturated carbocycles. The zero-order chi connectivity index (χ0) is 15.5. The Balaban J connectivity index is 1.45. The molecule has 1 aromatic rings. The lowest BCUT2D eigenvalue weighted by atomic mass is 10.2. The first-order valence-electron chi connectivity index (χ1n) is 7.63. The van der Waals surface area contributed by atoms with Crippen LogP contribution in [0.5, 0.6) is 0 Å². The summed E-state index contributed by atoms with van der Waals surface area (Å²) in [5.74, 6) is 1.03. The molecule has 2 atom stereocenters. The van der Waals surface area contributed by atoms with Crippen molar-refractivity contribution in [2.45, 2.75) is 18.7 Å². The molecule has 2 saturated heterocycles. The maximum absolute atomic E-state index is 12.2. The average molecular weight is 309 g/mol. The van der Waals surface area contributed by atoms with Gasteiger partial charge in [0.1, 0.15) is 5.82 Å². The number of aliphatic hydroxyl groups excluding tert-OH is 1. The van der Waals surface area contributed by atoms with Gasteiger partial charge in [0, 0.05) is 45.6 Å². The number of imidazole rings is 1. The molecular formula is C14H23N5O3. The predicted octanol–water partition coefficient (Wildman–Crippen LogP) is -0.993. The van der Waals surface area contributed by atoms with Crippen LogP contribution in [0.3, 0.4) is 0 Å². The van der Waals surface area contributed by atoms with E-state index in [9.17, 15) is 9.90 Å². The number of aliphatic hydroxyl groups is 1. The molecule has 0 spiro atoms. The largest absolute Gasteiger partial charge is 0.388 e. The molecule has 1 aromatic heterocycles. The highest BCUT2D eigenvalue weighted by atomic mass is 16.5. The van der Waals surface area contributed by atoms with Crippen molar-refractivity contribution < 1.29 is 14.6 Å². The first kappa shape index (κ1) is 15.3. The fraction of sp³-hybridized carbons (Fsp3) is 0.714. The van der Waals surface area contributed by atoms with Gasteiger partial charge in [-0.25, -0.2) is 9.78 Å². The number of aryl methyl sites for hydroxylation is 1. The minimum Gasteiger partial charge on any atom is -0.388 e. The van der Waals surface area contributed by atoms with Gasteiger partial charge in [-0.3, -0.25) is 4.90 Å². The highest BCUT2D eigenvalue weighted by Crippen LogP contribution is 2.09. The number of piperazine rings is 1. The van der Waals surface area contributed by atoms with Crippen molar-refractivity contribution in [2.75, 3.05) is 39.4 Å². The van der Waals surface area contributed by atoms with Crippen LogP contribution in [0.25, 0.3) is 0 Å². The van der Waals surface area contributed by atoms with Crippen molar-refractivity contribution in [1.29, 1.82) is 0 Å². The molecule has 8 nitrogen and oxygen atoms in total. The minimum absolute atomic E-state index is 0.119. The Labute approximate surface area is 129 Å². The van der Waals surface area contributed by atoms with Gasteiger partial charge in [-0.05, 0) is 0 Å². The Morgan fingerprint density at radius 2 is 2.18 bits per heavy atom. The molecule has 22 heavy (non-hydrogen) atoms. The number of aromatic nitrogens is 2. The number of nitrogens with zero attached hydrogens (tertiary/aromatic N) is 4. The summed E-state index contributed by atoms with van der Waals surface area (Å²) in [7, 11) is 1.99. The normalized spacial score (nSPS) is 26.4. The van der Waals surface area contributed by atoms with Crippen molar-refractivity contribution in [1.82, 2.24) is 24.7 Å². The molecule has 2 aliphatic heterocycles. The second kappa shape index (κ2) is 6.64. The molecule has 8 heteroatoms. The van der Waals surface area contributed by atoms with Gasteiger partial charge in [0.2, 0.25) is 0 Å². The van der Waals surface area contributed by atoms with Gasteiger partial charge < -0.3 is 24.6 Å². The summed E-state index contributed by atoms with van der Waals surface area (Å²) in [5.41, 5.74) is 0. The Morgan fingerprint density at radius 1 is 1.41 bits per heavy atom. The van der Waals surface area contributed by atoms with E-state index in [1.165, 1.54) is 0 Å². The third kappa shape index (κ3) is 3.40. The van der Waals surface area contributed by atoms with E-state index in [2.05, 4.69) is 15.2 Å². The molecule has 3 heterocycles. The van der Waals surface area contributed by atoms with Crippen LogP contribution in [0.15, 0.2) is 12.4 Å². The molecule has 0 aliphatic carbocycles. The summed E-state index contributed by atoms with van der Waals surface area (Å²) in [6, 6.07) is -0.413. The molecule has 2 aliphatic rings. The van der Waals surface area contributed by atoms with E-state index in [1.807, 2.05) is 17.8 Å². The molecule has 0 bridgehead atoms. The van der Waals surface area contributed by atoms with Crippen LogP contribution in [0.1, 0.15) is 5.82 Å². The summed E-state index contributed by atoms with van der Waals surface area (Å²) in [5, 5.41) is 12.5. The van der Waals surface area contributed by atoms with Crippen molar-refractivity contribution in [2.24, 2.45) is 7.05 Å². The van der Waals surface area contributed by atoms with Crippen LogP contribution in [0, 0.1) is 0 Å². The zero-order valence-electron chi connectivity index (χ0n) is 12.8. The second-order valence-electron chi connectivity index (χ2n) is 5.88. The number of carbonyl (C=O) groups excluding carboxylic acids is 1. The fourth-order valence-corrected chi connectivity index (χ4v) is 2.79. The van der Waals surface area contributed by atoms with E-state index in [0.717, 1.165) is 25.5 Å². The molecule has 0 unspecified atom stereocenters. The molecular weight excluding hydrogens is 286 g/mol. The lowest BCUT2D eigenvalue weighted by Gasteiger charge is -2.35. The number of urea groups is 1. The second-order valence-corrected chi connectivity index (χ2v) is 5.88. The maximum Gasteiger partial charge on any atom is 0.317 e. The summed E-state index contributed by atoms with van der Waals surface area (Å²) >= 11 is 0. The predicted molar refractivity (Wildman–Crippen MR) is 79.2 cm³/mol. The van der Waals surface area contributed by atoms with Gasteiger partial charge in [0.15, 0.2) is 0 Å². The minimum atomic E-state index is -0.603. The maximum atomic E-state index is 12.2. The van der Waals surface area contributed by atoms with E-state index in [-0.39, 0.29) is 12.1 Å². The lowest BCUT2D eigenvalue weighted by Crippen LogP contribution is -2.55. The first-order chi connectivity index (χ1) is 10.6. The number of hydrogen-bond acceptors (Lipinski definition) is 5. The third-order valence-corrected chi connectivity index (χ3v) is 4.30. The molecule has 2 amide bonds. The monoisotopic (exact) mass is 309 g/mol. The number of hydrogen-bond donors (Lipinski definition) is 2. The van der Waals surface area contributed by atoms with E-state index in [0.29, 0.717) is 26.3 Å². The van der Waals surface area contributed by atoms with Crippen LogP contribution in [-0.2, 0) is 18.3 Å². The summed E-state index contributed by atoms with van der Waals surface area (Å²) in [6.45, 7) is 4.48. The highest BCUT2D eigenvalue weighted by Gasteiger charge is 2.30. The lowest BCUT2D eigenvalue weighted by molar-refractivity contribution is 0.115. The fourth-order valence-electron chi connectivity index (χ4n) is 2.79. The summed E-state index contributed by atoms with van der Waals surface area (Å²) in [6.07, 6.45) is 3.14. The van der Waals surface area contributed by atoms with Gasteiger partial charge in [-0.2, -0.15) is 0 Å². The van der Waals surface area contributed by atoms with Crippen LogP contribution < -0.4 is 5.32 Å². The van der Waals surface area contributed by atoms with Gasteiger partial charge in [0.05, 0.1) is 31.9 Å². The molecule has 2 N–H and O–H groups in total. The van der Waals surface area contributed by atoms with Crippen molar-refractivity contribution >= 4 is 6.03 Å². The number of ether oxygens (including phenoxy) is 1. The number of rotatable bonds is 3. The molecule has 3 rings (SSSR count).